The number of carbonyl (C=O) groups is 1. The second-order valence-corrected chi connectivity index (χ2v) is 7.78. The molecule has 8 heteroatoms. The summed E-state index contributed by atoms with van der Waals surface area (Å²) in [5.41, 5.74) is 4.42. The number of rotatable bonds is 4. The lowest BCUT2D eigenvalue weighted by molar-refractivity contribution is 0.0929. The van der Waals surface area contributed by atoms with Gasteiger partial charge in [-0.3, -0.25) is 4.79 Å². The van der Waals surface area contributed by atoms with Crippen LogP contribution in [-0.4, -0.2) is 12.1 Å². The molecule has 0 saturated carbocycles. The summed E-state index contributed by atoms with van der Waals surface area (Å²) in [5, 5.41) is 13.6. The third-order valence-electron chi connectivity index (χ3n) is 4.04. The SMILES string of the molecule is N#Cc1ccc(-c2ccc(/C=N\NC(=O)c3cc4cc(Br)cc(Br)c4o3)o2)cc1. The van der Waals surface area contributed by atoms with Crippen molar-refractivity contribution >= 4 is 55.0 Å². The minimum atomic E-state index is -0.473. The summed E-state index contributed by atoms with van der Waals surface area (Å²) in [6, 6.07) is 18.0. The summed E-state index contributed by atoms with van der Waals surface area (Å²) >= 11 is 6.81. The molecule has 2 aromatic heterocycles. The highest BCUT2D eigenvalue weighted by molar-refractivity contribution is 9.11. The highest BCUT2D eigenvalue weighted by Crippen LogP contribution is 2.31. The molecule has 0 fully saturated rings. The molecule has 2 aromatic carbocycles. The predicted molar refractivity (Wildman–Crippen MR) is 116 cm³/mol. The van der Waals surface area contributed by atoms with Gasteiger partial charge in [-0.25, -0.2) is 5.43 Å². The topological polar surface area (TPSA) is 91.5 Å². The first-order valence-electron chi connectivity index (χ1n) is 8.36. The standard InChI is InChI=1S/C21H11Br2N3O3/c22-15-7-14-8-19(29-20(14)17(23)9-15)21(27)26-25-11-16-5-6-18(28-16)13-3-1-12(10-24)2-4-13/h1-9,11H,(H,26,27)/b25-11-. The minimum absolute atomic E-state index is 0.147. The minimum Gasteiger partial charge on any atom is -0.455 e. The van der Waals surface area contributed by atoms with Crippen molar-refractivity contribution in [3.63, 3.8) is 0 Å². The van der Waals surface area contributed by atoms with Crippen LogP contribution < -0.4 is 5.43 Å². The van der Waals surface area contributed by atoms with E-state index >= 15 is 0 Å². The fourth-order valence-corrected chi connectivity index (χ4v) is 4.02. The third kappa shape index (κ3) is 4.16. The van der Waals surface area contributed by atoms with Crippen molar-refractivity contribution in [3.05, 3.63) is 80.6 Å². The molecule has 0 aliphatic rings. The third-order valence-corrected chi connectivity index (χ3v) is 5.09. The largest absolute Gasteiger partial charge is 0.455 e. The number of hydrazone groups is 1. The van der Waals surface area contributed by atoms with E-state index in [-0.39, 0.29) is 5.76 Å². The van der Waals surface area contributed by atoms with Crippen LogP contribution in [0.2, 0.25) is 0 Å². The number of nitrogens with zero attached hydrogens (tertiary/aromatic N) is 2. The van der Waals surface area contributed by atoms with Crippen LogP contribution >= 0.6 is 31.9 Å². The van der Waals surface area contributed by atoms with Crippen molar-refractivity contribution in [1.29, 1.82) is 5.26 Å². The Bertz CT molecular complexity index is 1280. The van der Waals surface area contributed by atoms with Gasteiger partial charge in [0.25, 0.3) is 0 Å². The fraction of sp³-hybridized carbons (Fsp3) is 0. The average Bonchev–Trinajstić information content (AvgIpc) is 3.35. The van der Waals surface area contributed by atoms with Gasteiger partial charge in [-0.15, -0.1) is 0 Å². The van der Waals surface area contributed by atoms with Crippen LogP contribution in [-0.2, 0) is 0 Å². The monoisotopic (exact) mass is 511 g/mol. The molecule has 0 spiro atoms. The normalized spacial score (nSPS) is 11.1. The van der Waals surface area contributed by atoms with Crippen LogP contribution in [0.25, 0.3) is 22.3 Å². The molecular weight excluding hydrogens is 502 g/mol. The van der Waals surface area contributed by atoms with Gasteiger partial charge in [0.05, 0.1) is 22.3 Å². The van der Waals surface area contributed by atoms with Crippen molar-refractivity contribution in [1.82, 2.24) is 5.43 Å². The molecule has 1 amide bonds. The summed E-state index contributed by atoms with van der Waals surface area (Å²) in [6.45, 7) is 0. The van der Waals surface area contributed by atoms with Gasteiger partial charge in [0, 0.05) is 15.4 Å². The number of carbonyl (C=O) groups excluding carboxylic acids is 1. The fourth-order valence-electron chi connectivity index (χ4n) is 2.68. The highest BCUT2D eigenvalue weighted by atomic mass is 79.9. The first kappa shape index (κ1) is 19.2. The Hall–Kier alpha value is -3.15. The first-order chi connectivity index (χ1) is 14.0. The van der Waals surface area contributed by atoms with Crippen LogP contribution in [0, 0.1) is 11.3 Å². The van der Waals surface area contributed by atoms with Crippen molar-refractivity contribution in [2.75, 3.05) is 0 Å². The number of hydrogen-bond donors (Lipinski definition) is 1. The van der Waals surface area contributed by atoms with Crippen LogP contribution in [0.5, 0.6) is 0 Å². The molecule has 0 unspecified atom stereocenters. The number of nitrogens with one attached hydrogen (secondary N) is 1. The van der Waals surface area contributed by atoms with Crippen molar-refractivity contribution < 1.29 is 13.6 Å². The Morgan fingerprint density at radius 2 is 1.86 bits per heavy atom. The van der Waals surface area contributed by atoms with E-state index in [4.69, 9.17) is 14.1 Å². The van der Waals surface area contributed by atoms with E-state index in [9.17, 15) is 4.79 Å². The molecule has 1 N–H and O–H groups in total. The van der Waals surface area contributed by atoms with Crippen LogP contribution in [0.3, 0.4) is 0 Å². The van der Waals surface area contributed by atoms with Crippen LogP contribution in [0.15, 0.2) is 77.5 Å². The Balaban J connectivity index is 1.45. The average molecular weight is 513 g/mol. The lowest BCUT2D eigenvalue weighted by Gasteiger charge is -1.96. The first-order valence-corrected chi connectivity index (χ1v) is 9.94. The molecule has 0 saturated heterocycles. The summed E-state index contributed by atoms with van der Waals surface area (Å²) in [5.74, 6) is 0.781. The molecule has 2 heterocycles. The van der Waals surface area contributed by atoms with Crippen LogP contribution in [0.1, 0.15) is 21.9 Å². The Morgan fingerprint density at radius 1 is 1.07 bits per heavy atom. The predicted octanol–water partition coefficient (Wildman–Crippen LogP) is 5.85. The number of halogens is 2. The second kappa shape index (κ2) is 8.07. The molecule has 142 valence electrons. The Morgan fingerprint density at radius 3 is 2.62 bits per heavy atom. The molecule has 6 nitrogen and oxygen atoms in total. The van der Waals surface area contributed by atoms with Gasteiger partial charge in [0.1, 0.15) is 17.1 Å². The molecule has 0 atom stereocenters. The maximum atomic E-state index is 12.3. The number of hydrogen-bond acceptors (Lipinski definition) is 5. The van der Waals surface area contributed by atoms with Gasteiger partial charge < -0.3 is 8.83 Å². The summed E-state index contributed by atoms with van der Waals surface area (Å²) in [6.07, 6.45) is 1.40. The molecule has 29 heavy (non-hydrogen) atoms. The van der Waals surface area contributed by atoms with Crippen molar-refractivity contribution in [2.24, 2.45) is 5.10 Å². The summed E-state index contributed by atoms with van der Waals surface area (Å²) < 4.78 is 12.9. The summed E-state index contributed by atoms with van der Waals surface area (Å²) in [7, 11) is 0. The van der Waals surface area contributed by atoms with Gasteiger partial charge >= 0.3 is 5.91 Å². The highest BCUT2D eigenvalue weighted by Gasteiger charge is 2.14. The van der Waals surface area contributed by atoms with Gasteiger partial charge in [0.15, 0.2) is 5.76 Å². The molecule has 0 radical (unpaired) electrons. The maximum Gasteiger partial charge on any atom is 0.307 e. The molecule has 4 aromatic rings. The summed E-state index contributed by atoms with van der Waals surface area (Å²) in [4.78, 5) is 12.3. The smallest absolute Gasteiger partial charge is 0.307 e. The van der Waals surface area contributed by atoms with E-state index in [1.54, 1.807) is 42.5 Å². The van der Waals surface area contributed by atoms with E-state index in [1.165, 1.54) is 6.21 Å². The molecule has 0 aliphatic carbocycles. The lowest BCUT2D eigenvalue weighted by Crippen LogP contribution is -2.16. The number of fused-ring (bicyclic) bond motifs is 1. The number of benzene rings is 2. The Kier molecular flexibility index (Phi) is 5.34. The van der Waals surface area contributed by atoms with Gasteiger partial charge in [-0.2, -0.15) is 10.4 Å². The zero-order valence-corrected chi connectivity index (χ0v) is 17.8. The lowest BCUT2D eigenvalue weighted by atomic mass is 10.1. The van der Waals surface area contributed by atoms with E-state index in [0.717, 1.165) is 19.9 Å². The zero-order valence-electron chi connectivity index (χ0n) is 14.6. The van der Waals surface area contributed by atoms with E-state index in [1.807, 2.05) is 12.1 Å². The van der Waals surface area contributed by atoms with Crippen molar-refractivity contribution in [3.8, 4) is 17.4 Å². The molecular formula is C21H11Br2N3O3. The zero-order chi connectivity index (χ0) is 20.4. The number of furan rings is 2. The number of nitriles is 1. The van der Waals surface area contributed by atoms with E-state index < -0.39 is 5.91 Å². The number of amides is 1. The van der Waals surface area contributed by atoms with Gasteiger partial charge in [-0.05, 0) is 70.5 Å². The molecule has 4 rings (SSSR count). The molecule has 0 aliphatic heterocycles. The second-order valence-electron chi connectivity index (χ2n) is 6.01. The van der Waals surface area contributed by atoms with E-state index in [2.05, 4.69) is 48.5 Å². The van der Waals surface area contributed by atoms with Crippen LogP contribution in [0.4, 0.5) is 0 Å². The van der Waals surface area contributed by atoms with E-state index in [0.29, 0.717) is 22.7 Å². The molecule has 0 bridgehead atoms. The van der Waals surface area contributed by atoms with Gasteiger partial charge in [0.2, 0.25) is 0 Å². The van der Waals surface area contributed by atoms with Crippen molar-refractivity contribution in [2.45, 2.75) is 0 Å². The van der Waals surface area contributed by atoms with Gasteiger partial charge in [-0.1, -0.05) is 15.9 Å². The maximum absolute atomic E-state index is 12.3. The Labute approximate surface area is 182 Å². The quantitative estimate of drug-likeness (QED) is 0.274.